The summed E-state index contributed by atoms with van der Waals surface area (Å²) in [5.74, 6) is -0.986. The lowest BCUT2D eigenvalue weighted by Crippen LogP contribution is -2.32. The van der Waals surface area contributed by atoms with Gasteiger partial charge in [0.15, 0.2) is 0 Å². The lowest BCUT2D eigenvalue weighted by atomic mass is 10.1. The van der Waals surface area contributed by atoms with E-state index in [0.717, 1.165) is 24.3 Å². The molecule has 8 heteroatoms. The highest BCUT2D eigenvalue weighted by molar-refractivity contribution is 6.36. The van der Waals surface area contributed by atoms with E-state index < -0.39 is 11.8 Å². The molecule has 0 fully saturated rings. The number of hydrogen-bond donors (Lipinski definition) is 2. The Morgan fingerprint density at radius 2 is 1.63 bits per heavy atom. The largest absolute Gasteiger partial charge is 0.372 e. The number of hydrogen-bond acceptors (Lipinski definition) is 4. The van der Waals surface area contributed by atoms with Gasteiger partial charge in [0.05, 0.1) is 11.2 Å². The van der Waals surface area contributed by atoms with Crippen molar-refractivity contribution < 1.29 is 9.59 Å². The van der Waals surface area contributed by atoms with Crippen LogP contribution in [0, 0.1) is 0 Å². The Morgan fingerprint density at radius 3 is 2.26 bits per heavy atom. The van der Waals surface area contributed by atoms with E-state index in [2.05, 4.69) is 34.6 Å². The number of carbonyl (C=O) groups is 2. The summed E-state index contributed by atoms with van der Waals surface area (Å²) in [5, 5.41) is 7.57. The standard InChI is InChI=1S/C27H26Cl2N4O2/c1-3-33(4-2)23-14-10-19(11-15-23)16-25(31-26(34)20-8-6-5-7-9-20)27(35)32-30-18-21-12-13-22(28)17-24(21)29/h5-18H,3-4H2,1-2H3,(H,31,34)(H,32,35)/b25-16+,30-18-. The van der Waals surface area contributed by atoms with Crippen LogP contribution in [0.2, 0.25) is 10.0 Å². The summed E-state index contributed by atoms with van der Waals surface area (Å²) in [4.78, 5) is 27.9. The van der Waals surface area contributed by atoms with E-state index in [1.54, 1.807) is 48.5 Å². The van der Waals surface area contributed by atoms with Crippen LogP contribution < -0.4 is 15.6 Å². The number of nitrogens with one attached hydrogen (secondary N) is 2. The molecule has 6 nitrogen and oxygen atoms in total. The first kappa shape index (κ1) is 26.0. The Balaban J connectivity index is 1.83. The Labute approximate surface area is 215 Å². The predicted molar refractivity (Wildman–Crippen MR) is 144 cm³/mol. The summed E-state index contributed by atoms with van der Waals surface area (Å²) in [6.07, 6.45) is 3.01. The second-order valence-corrected chi connectivity index (χ2v) is 8.35. The number of amides is 2. The summed E-state index contributed by atoms with van der Waals surface area (Å²) in [7, 11) is 0. The number of hydrazone groups is 1. The zero-order chi connectivity index (χ0) is 25.2. The molecule has 0 aromatic heterocycles. The third kappa shape index (κ3) is 7.44. The molecule has 0 heterocycles. The first-order valence-electron chi connectivity index (χ1n) is 11.1. The average Bonchev–Trinajstić information content (AvgIpc) is 2.87. The average molecular weight is 509 g/mol. The van der Waals surface area contributed by atoms with Crippen molar-refractivity contribution in [1.29, 1.82) is 0 Å². The highest BCUT2D eigenvalue weighted by atomic mass is 35.5. The summed E-state index contributed by atoms with van der Waals surface area (Å²) < 4.78 is 0. The molecule has 0 unspecified atom stereocenters. The van der Waals surface area contributed by atoms with Crippen molar-refractivity contribution in [2.75, 3.05) is 18.0 Å². The molecule has 3 aromatic rings. The van der Waals surface area contributed by atoms with Gasteiger partial charge in [0.25, 0.3) is 11.8 Å². The van der Waals surface area contributed by atoms with Gasteiger partial charge in [0, 0.05) is 34.9 Å². The quantitative estimate of drug-likeness (QED) is 0.219. The zero-order valence-corrected chi connectivity index (χ0v) is 21.0. The molecule has 0 aliphatic heterocycles. The third-order valence-corrected chi connectivity index (χ3v) is 5.76. The summed E-state index contributed by atoms with van der Waals surface area (Å²) >= 11 is 12.1. The van der Waals surface area contributed by atoms with Gasteiger partial charge >= 0.3 is 0 Å². The molecular weight excluding hydrogens is 483 g/mol. The third-order valence-electron chi connectivity index (χ3n) is 5.19. The van der Waals surface area contributed by atoms with E-state index in [0.29, 0.717) is 21.2 Å². The minimum atomic E-state index is -0.580. The topological polar surface area (TPSA) is 73.8 Å². The second-order valence-electron chi connectivity index (χ2n) is 7.51. The lowest BCUT2D eigenvalue weighted by molar-refractivity contribution is -0.117. The molecule has 0 bridgehead atoms. The van der Waals surface area contributed by atoms with Crippen LogP contribution in [0.5, 0.6) is 0 Å². The molecule has 2 amide bonds. The monoisotopic (exact) mass is 508 g/mol. The molecule has 0 aliphatic rings. The van der Waals surface area contributed by atoms with Crippen molar-refractivity contribution in [3.63, 3.8) is 0 Å². The molecular formula is C27H26Cl2N4O2. The fourth-order valence-electron chi connectivity index (χ4n) is 3.31. The smallest absolute Gasteiger partial charge is 0.287 e. The van der Waals surface area contributed by atoms with Gasteiger partial charge in [0.1, 0.15) is 5.70 Å². The fourth-order valence-corrected chi connectivity index (χ4v) is 3.76. The van der Waals surface area contributed by atoms with Crippen LogP contribution in [-0.2, 0) is 4.79 Å². The van der Waals surface area contributed by atoms with Crippen LogP contribution in [0.4, 0.5) is 5.69 Å². The molecule has 35 heavy (non-hydrogen) atoms. The summed E-state index contributed by atoms with van der Waals surface area (Å²) in [6.45, 7) is 5.97. The minimum absolute atomic E-state index is 0.0498. The molecule has 0 atom stereocenters. The minimum Gasteiger partial charge on any atom is -0.372 e. The van der Waals surface area contributed by atoms with Crippen LogP contribution >= 0.6 is 23.2 Å². The van der Waals surface area contributed by atoms with Crippen LogP contribution in [-0.4, -0.2) is 31.1 Å². The van der Waals surface area contributed by atoms with E-state index in [4.69, 9.17) is 23.2 Å². The van der Waals surface area contributed by atoms with Gasteiger partial charge in [-0.1, -0.05) is 59.6 Å². The van der Waals surface area contributed by atoms with E-state index >= 15 is 0 Å². The van der Waals surface area contributed by atoms with Crippen molar-refractivity contribution in [1.82, 2.24) is 10.7 Å². The zero-order valence-electron chi connectivity index (χ0n) is 19.5. The maximum atomic E-state index is 12.9. The van der Waals surface area contributed by atoms with Crippen molar-refractivity contribution in [2.45, 2.75) is 13.8 Å². The number of rotatable bonds is 9. The van der Waals surface area contributed by atoms with E-state index in [1.807, 2.05) is 30.3 Å². The van der Waals surface area contributed by atoms with Crippen LogP contribution in [0.15, 0.2) is 83.6 Å². The van der Waals surface area contributed by atoms with Crippen molar-refractivity contribution in [2.24, 2.45) is 5.10 Å². The molecule has 3 aromatic carbocycles. The number of benzene rings is 3. The number of anilines is 1. The first-order chi connectivity index (χ1) is 16.9. The predicted octanol–water partition coefficient (Wildman–Crippen LogP) is 5.76. The molecule has 0 radical (unpaired) electrons. The summed E-state index contributed by atoms with van der Waals surface area (Å²) in [5.41, 5.74) is 5.34. The summed E-state index contributed by atoms with van der Waals surface area (Å²) in [6, 6.07) is 21.4. The number of halogens is 2. The van der Waals surface area contributed by atoms with Gasteiger partial charge < -0.3 is 10.2 Å². The Bertz CT molecular complexity index is 1220. The number of carbonyl (C=O) groups excluding carboxylic acids is 2. The molecule has 0 aliphatic carbocycles. The van der Waals surface area contributed by atoms with E-state index in [-0.39, 0.29) is 5.70 Å². The molecule has 180 valence electrons. The van der Waals surface area contributed by atoms with Crippen molar-refractivity contribution >= 4 is 53.0 Å². The van der Waals surface area contributed by atoms with Gasteiger partial charge in [-0.05, 0) is 61.9 Å². The van der Waals surface area contributed by atoms with Crippen LogP contribution in [0.25, 0.3) is 6.08 Å². The van der Waals surface area contributed by atoms with Crippen molar-refractivity contribution in [3.8, 4) is 0 Å². The fraction of sp³-hybridized carbons (Fsp3) is 0.148. The van der Waals surface area contributed by atoms with Crippen LogP contribution in [0.1, 0.15) is 35.3 Å². The highest BCUT2D eigenvalue weighted by Gasteiger charge is 2.14. The molecule has 0 saturated carbocycles. The van der Waals surface area contributed by atoms with E-state index in [1.165, 1.54) is 6.21 Å². The SMILES string of the molecule is CCN(CC)c1ccc(/C=C(/NC(=O)c2ccccc2)C(=O)N/N=C\c2ccc(Cl)cc2Cl)cc1. The number of nitrogens with zero attached hydrogens (tertiary/aromatic N) is 2. The van der Waals surface area contributed by atoms with Gasteiger partial charge in [-0.25, -0.2) is 5.43 Å². The van der Waals surface area contributed by atoms with Gasteiger partial charge in [0.2, 0.25) is 0 Å². The Kier molecular flexibility index (Phi) is 9.47. The second kappa shape index (κ2) is 12.7. The van der Waals surface area contributed by atoms with Crippen molar-refractivity contribution in [3.05, 3.63) is 105 Å². The Morgan fingerprint density at radius 1 is 0.943 bits per heavy atom. The molecule has 0 spiro atoms. The van der Waals surface area contributed by atoms with Gasteiger partial charge in [-0.2, -0.15) is 5.10 Å². The maximum absolute atomic E-state index is 12.9. The normalized spacial score (nSPS) is 11.4. The van der Waals surface area contributed by atoms with Gasteiger partial charge in [-0.3, -0.25) is 9.59 Å². The van der Waals surface area contributed by atoms with E-state index in [9.17, 15) is 9.59 Å². The first-order valence-corrected chi connectivity index (χ1v) is 11.9. The van der Waals surface area contributed by atoms with Gasteiger partial charge in [-0.15, -0.1) is 0 Å². The molecule has 3 rings (SSSR count). The molecule has 2 N–H and O–H groups in total. The highest BCUT2D eigenvalue weighted by Crippen LogP contribution is 2.19. The maximum Gasteiger partial charge on any atom is 0.287 e. The van der Waals surface area contributed by atoms with Crippen LogP contribution in [0.3, 0.4) is 0 Å². The molecule has 0 saturated heterocycles. The lowest BCUT2D eigenvalue weighted by Gasteiger charge is -2.20. The Hall–Kier alpha value is -3.61.